The molecular weight excluding hydrogens is 292 g/mol. The minimum absolute atomic E-state index is 0.227. The number of carbonyl (C=O) groups excluding carboxylic acids is 1. The van der Waals surface area contributed by atoms with Gasteiger partial charge in [0, 0.05) is 26.5 Å². The number of pyridine rings is 1. The number of para-hydroxylation sites is 1. The number of hydrogen-bond donors (Lipinski definition) is 1. The Bertz CT molecular complexity index is 883. The molecule has 0 saturated heterocycles. The van der Waals surface area contributed by atoms with E-state index in [1.54, 1.807) is 17.8 Å². The first-order chi connectivity index (χ1) is 11.0. The second-order valence-electron chi connectivity index (χ2n) is 5.54. The molecule has 3 aromatic rings. The van der Waals surface area contributed by atoms with E-state index in [2.05, 4.69) is 20.6 Å². The van der Waals surface area contributed by atoms with Gasteiger partial charge in [0.25, 0.3) is 5.91 Å². The maximum absolute atomic E-state index is 12.7. The monoisotopic (exact) mass is 310 g/mol. The summed E-state index contributed by atoms with van der Waals surface area (Å²) < 4.78 is 1.62. The summed E-state index contributed by atoms with van der Waals surface area (Å²) in [7, 11) is 5.57. The van der Waals surface area contributed by atoms with Crippen LogP contribution >= 0.6 is 0 Å². The standard InChI is InChI=1S/C16H18N6O/c1-10-15(19-20-22(10)4)18-16(23)12-9-14(21(2)3)17-13-8-6-5-7-11(12)13/h5-9H,1-4H3,(H,18,23). The van der Waals surface area contributed by atoms with Gasteiger partial charge in [-0.3, -0.25) is 9.48 Å². The smallest absolute Gasteiger partial charge is 0.257 e. The molecule has 7 heteroatoms. The van der Waals surface area contributed by atoms with E-state index in [1.807, 2.05) is 50.2 Å². The fourth-order valence-corrected chi connectivity index (χ4v) is 2.27. The Morgan fingerprint density at radius 3 is 2.65 bits per heavy atom. The molecule has 0 atom stereocenters. The summed E-state index contributed by atoms with van der Waals surface area (Å²) in [4.78, 5) is 19.2. The van der Waals surface area contributed by atoms with E-state index >= 15 is 0 Å². The van der Waals surface area contributed by atoms with Crippen molar-refractivity contribution < 1.29 is 4.79 Å². The Morgan fingerprint density at radius 2 is 2.00 bits per heavy atom. The van der Waals surface area contributed by atoms with Crippen LogP contribution in [-0.2, 0) is 7.05 Å². The van der Waals surface area contributed by atoms with Crippen LogP contribution in [0.25, 0.3) is 10.9 Å². The van der Waals surface area contributed by atoms with Crippen molar-refractivity contribution >= 4 is 28.4 Å². The highest BCUT2D eigenvalue weighted by Crippen LogP contribution is 2.23. The third kappa shape index (κ3) is 2.73. The predicted octanol–water partition coefficient (Wildman–Crippen LogP) is 1.99. The SMILES string of the molecule is Cc1c(NC(=O)c2cc(N(C)C)nc3ccccc23)nnn1C. The maximum Gasteiger partial charge on any atom is 0.257 e. The summed E-state index contributed by atoms with van der Waals surface area (Å²) in [5, 5.41) is 11.5. The molecule has 7 nitrogen and oxygen atoms in total. The van der Waals surface area contributed by atoms with Gasteiger partial charge in [-0.1, -0.05) is 23.4 Å². The summed E-state index contributed by atoms with van der Waals surface area (Å²) in [5.74, 6) is 0.963. The summed E-state index contributed by atoms with van der Waals surface area (Å²) in [6.07, 6.45) is 0. The van der Waals surface area contributed by atoms with Gasteiger partial charge >= 0.3 is 0 Å². The quantitative estimate of drug-likeness (QED) is 0.800. The number of benzene rings is 1. The molecule has 0 aliphatic heterocycles. The van der Waals surface area contributed by atoms with Crippen LogP contribution in [0.15, 0.2) is 30.3 Å². The van der Waals surface area contributed by atoms with Crippen molar-refractivity contribution in [1.82, 2.24) is 20.0 Å². The Hall–Kier alpha value is -2.96. The Morgan fingerprint density at radius 1 is 1.26 bits per heavy atom. The van der Waals surface area contributed by atoms with Crippen molar-refractivity contribution in [2.75, 3.05) is 24.3 Å². The van der Waals surface area contributed by atoms with E-state index in [4.69, 9.17) is 0 Å². The first kappa shape index (κ1) is 15.0. The number of anilines is 2. The molecule has 1 amide bonds. The molecule has 0 fully saturated rings. The molecule has 2 heterocycles. The molecule has 0 saturated carbocycles. The van der Waals surface area contributed by atoms with Gasteiger partial charge < -0.3 is 10.2 Å². The van der Waals surface area contributed by atoms with Gasteiger partial charge in [0.05, 0.1) is 16.8 Å². The first-order valence-corrected chi connectivity index (χ1v) is 7.22. The van der Waals surface area contributed by atoms with Crippen molar-refractivity contribution in [3.8, 4) is 0 Å². The number of amides is 1. The van der Waals surface area contributed by atoms with Gasteiger partial charge in [0.2, 0.25) is 0 Å². The molecule has 2 aromatic heterocycles. The zero-order valence-corrected chi connectivity index (χ0v) is 13.5. The van der Waals surface area contributed by atoms with Crippen molar-refractivity contribution in [3.05, 3.63) is 41.6 Å². The zero-order chi connectivity index (χ0) is 16.6. The van der Waals surface area contributed by atoms with Crippen LogP contribution in [0, 0.1) is 6.92 Å². The van der Waals surface area contributed by atoms with Crippen molar-refractivity contribution in [2.24, 2.45) is 7.05 Å². The van der Waals surface area contributed by atoms with Crippen LogP contribution in [0.4, 0.5) is 11.6 Å². The molecule has 0 radical (unpaired) electrons. The average Bonchev–Trinajstić information content (AvgIpc) is 2.85. The molecule has 1 N–H and O–H groups in total. The Kier molecular flexibility index (Phi) is 3.69. The molecule has 0 bridgehead atoms. The van der Waals surface area contributed by atoms with Crippen molar-refractivity contribution in [3.63, 3.8) is 0 Å². The van der Waals surface area contributed by atoms with Gasteiger partial charge in [-0.25, -0.2) is 4.98 Å². The van der Waals surface area contributed by atoms with Gasteiger partial charge in [-0.2, -0.15) is 0 Å². The topological polar surface area (TPSA) is 75.9 Å². The van der Waals surface area contributed by atoms with Crippen LogP contribution < -0.4 is 10.2 Å². The van der Waals surface area contributed by atoms with Gasteiger partial charge in [0.1, 0.15) is 5.82 Å². The minimum Gasteiger partial charge on any atom is -0.363 e. The van der Waals surface area contributed by atoms with Crippen LogP contribution in [-0.4, -0.2) is 40.0 Å². The zero-order valence-electron chi connectivity index (χ0n) is 13.5. The number of fused-ring (bicyclic) bond motifs is 1. The molecule has 118 valence electrons. The lowest BCUT2D eigenvalue weighted by Crippen LogP contribution is -2.17. The second-order valence-corrected chi connectivity index (χ2v) is 5.54. The summed E-state index contributed by atoms with van der Waals surface area (Å²) >= 11 is 0. The number of rotatable bonds is 3. The van der Waals surface area contributed by atoms with Crippen LogP contribution in [0.3, 0.4) is 0 Å². The molecule has 3 rings (SSSR count). The minimum atomic E-state index is -0.227. The molecule has 0 aliphatic carbocycles. The number of carbonyl (C=O) groups is 1. The van der Waals surface area contributed by atoms with Gasteiger partial charge in [-0.15, -0.1) is 5.10 Å². The predicted molar refractivity (Wildman–Crippen MR) is 89.8 cm³/mol. The van der Waals surface area contributed by atoms with E-state index in [-0.39, 0.29) is 5.91 Å². The fourth-order valence-electron chi connectivity index (χ4n) is 2.27. The number of hydrogen-bond acceptors (Lipinski definition) is 5. The lowest BCUT2D eigenvalue weighted by molar-refractivity contribution is 0.102. The third-order valence-electron chi connectivity index (χ3n) is 3.74. The number of nitrogens with zero attached hydrogens (tertiary/aromatic N) is 5. The Balaban J connectivity index is 2.07. The number of aromatic nitrogens is 4. The molecule has 0 spiro atoms. The second kappa shape index (κ2) is 5.68. The van der Waals surface area contributed by atoms with Crippen molar-refractivity contribution in [1.29, 1.82) is 0 Å². The van der Waals surface area contributed by atoms with Crippen LogP contribution in [0.2, 0.25) is 0 Å². The molecule has 0 aliphatic rings. The highest BCUT2D eigenvalue weighted by atomic mass is 16.1. The van der Waals surface area contributed by atoms with E-state index in [1.165, 1.54) is 0 Å². The summed E-state index contributed by atoms with van der Waals surface area (Å²) in [6.45, 7) is 1.85. The van der Waals surface area contributed by atoms with Crippen LogP contribution in [0.5, 0.6) is 0 Å². The highest BCUT2D eigenvalue weighted by molar-refractivity contribution is 6.12. The van der Waals surface area contributed by atoms with E-state index in [0.717, 1.165) is 22.4 Å². The maximum atomic E-state index is 12.7. The lowest BCUT2D eigenvalue weighted by Gasteiger charge is -2.14. The van der Waals surface area contributed by atoms with E-state index in [9.17, 15) is 4.79 Å². The molecule has 1 aromatic carbocycles. The normalized spacial score (nSPS) is 10.8. The molecule has 0 unspecified atom stereocenters. The van der Waals surface area contributed by atoms with Gasteiger partial charge in [0.15, 0.2) is 5.82 Å². The van der Waals surface area contributed by atoms with E-state index < -0.39 is 0 Å². The Labute approximate surface area is 133 Å². The lowest BCUT2D eigenvalue weighted by atomic mass is 10.1. The fraction of sp³-hybridized carbons (Fsp3) is 0.250. The van der Waals surface area contributed by atoms with E-state index in [0.29, 0.717) is 11.4 Å². The third-order valence-corrected chi connectivity index (χ3v) is 3.74. The number of nitrogens with one attached hydrogen (secondary N) is 1. The summed E-state index contributed by atoms with van der Waals surface area (Å²) in [5.41, 5.74) is 2.13. The first-order valence-electron chi connectivity index (χ1n) is 7.22. The number of aryl methyl sites for hydroxylation is 1. The molecule has 23 heavy (non-hydrogen) atoms. The van der Waals surface area contributed by atoms with Gasteiger partial charge in [-0.05, 0) is 19.1 Å². The summed E-state index contributed by atoms with van der Waals surface area (Å²) in [6, 6.07) is 9.36. The molecular formula is C16H18N6O. The largest absolute Gasteiger partial charge is 0.363 e. The average molecular weight is 310 g/mol. The highest BCUT2D eigenvalue weighted by Gasteiger charge is 2.16. The van der Waals surface area contributed by atoms with Crippen LogP contribution in [0.1, 0.15) is 16.1 Å². The van der Waals surface area contributed by atoms with Crippen molar-refractivity contribution in [2.45, 2.75) is 6.92 Å².